The normalized spacial score (nSPS) is 12.7. The van der Waals surface area contributed by atoms with Crippen LogP contribution in [0.3, 0.4) is 0 Å². The minimum Gasteiger partial charge on any atom is -0.504 e. The van der Waals surface area contributed by atoms with E-state index in [1.165, 1.54) is 76.7 Å². The fourth-order valence-electron chi connectivity index (χ4n) is 22.2. The zero-order valence-corrected chi connectivity index (χ0v) is 88.9. The van der Waals surface area contributed by atoms with E-state index in [-0.39, 0.29) is 63.2 Å². The third kappa shape index (κ3) is 15.8. The van der Waals surface area contributed by atoms with Crippen molar-refractivity contribution in [3.8, 4) is 84.6 Å². The van der Waals surface area contributed by atoms with Gasteiger partial charge in [0.1, 0.15) is 5.65 Å². The van der Waals surface area contributed by atoms with E-state index in [9.17, 15) is 0 Å². The molecule has 0 saturated heterocycles. The molecule has 16 nitrogen and oxygen atoms in total. The van der Waals surface area contributed by atoms with Gasteiger partial charge in [0, 0.05) is 136 Å². The molecule has 10 heterocycles. The van der Waals surface area contributed by atoms with Crippen LogP contribution in [0.1, 0.15) is 0 Å². The predicted molar refractivity (Wildman–Crippen MR) is 605 cm³/mol. The number of nitrogens with zero attached hydrogens (tertiary/aromatic N) is 16. The Bertz CT molecular complexity index is 9990. The number of anilines is 9. The Morgan fingerprint density at radius 2 is 0.580 bits per heavy atom. The van der Waals surface area contributed by atoms with E-state index in [2.05, 4.69) is 544 Å². The topological polar surface area (TPSA) is 101 Å². The number of aryl methyl sites for hydroxylation is 3. The van der Waals surface area contributed by atoms with Crippen LogP contribution in [0.2, 0.25) is 0 Å². The number of aromatic nitrogens is 10. The first-order chi connectivity index (χ1) is 72.3. The Balaban J connectivity index is 0.000000115. The van der Waals surface area contributed by atoms with E-state index in [0.717, 1.165) is 190 Å². The number of para-hydroxylation sites is 10. The van der Waals surface area contributed by atoms with Gasteiger partial charge in [0.15, 0.2) is 0 Å². The summed E-state index contributed by atoms with van der Waals surface area (Å²) < 4.78 is 13.3. The van der Waals surface area contributed by atoms with Gasteiger partial charge in [-0.3, -0.25) is 15.0 Å². The molecule has 27 aromatic rings. The molecule has 0 bridgehead atoms. The van der Waals surface area contributed by atoms with Crippen LogP contribution >= 0.6 is 0 Å². The molecule has 0 radical (unpaired) electrons. The maximum Gasteiger partial charge on any atom is 0.132 e. The monoisotopic (exact) mass is 2470 g/mol. The number of benzene rings is 20. The number of hydrogen-bond acceptors (Lipinski definition) is 10. The summed E-state index contributed by atoms with van der Waals surface area (Å²) in [7, 11) is 12.5. The maximum absolute atomic E-state index is 5.19. The second-order valence-corrected chi connectivity index (χ2v) is 38.1. The summed E-state index contributed by atoms with van der Waals surface area (Å²) in [5, 5.41) is 14.2. The van der Waals surface area contributed by atoms with Crippen LogP contribution in [-0.2, 0) is 84.3 Å². The molecule has 0 fully saturated rings. The summed E-state index contributed by atoms with van der Waals surface area (Å²) >= 11 is 0. The average molecular weight is 2470 g/mol. The van der Waals surface area contributed by atoms with E-state index >= 15 is 0 Å². The first kappa shape index (κ1) is 94.0. The fourth-order valence-corrected chi connectivity index (χ4v) is 22.2. The van der Waals surface area contributed by atoms with Crippen LogP contribution in [0.25, 0.3) is 216 Å². The molecule has 0 aliphatic carbocycles. The van der Waals surface area contributed by atoms with Crippen molar-refractivity contribution in [2.45, 2.75) is 0 Å². The summed E-state index contributed by atoms with van der Waals surface area (Å²) in [4.78, 5) is 33.1. The summed E-state index contributed by atoms with van der Waals surface area (Å²) in [6, 6.07) is 166. The fraction of sp³-hybridized carbons (Fsp3) is 0.0458. The Morgan fingerprint density at radius 3 is 1.10 bits per heavy atom. The minimum atomic E-state index is 0. The molecule has 0 saturated carbocycles. The molecule has 0 N–H and O–H groups in total. The van der Waals surface area contributed by atoms with Crippen LogP contribution in [0.15, 0.2) is 413 Å². The molecule has 150 heavy (non-hydrogen) atoms. The Hall–Kier alpha value is -17.0. The van der Waals surface area contributed by atoms with Crippen molar-refractivity contribution >= 4 is 182 Å². The van der Waals surface area contributed by atoms with Gasteiger partial charge in [0.2, 0.25) is 0 Å². The molecular formula is C131H89N16Pt3-9. The molecule has 0 amide bonds. The van der Waals surface area contributed by atoms with Gasteiger partial charge in [-0.05, 0) is 223 Å². The van der Waals surface area contributed by atoms with E-state index in [4.69, 9.17) is 19.9 Å². The molecule has 30 rings (SSSR count). The zero-order chi connectivity index (χ0) is 97.9. The SMILES string of the molecule is CN1[CH-]N(c2[c-]c(-n3c4[c-]c(-c5nc6cc(-c7cccc8ccccc78)ccc6n5C)ccc4c4cccnc43)ccc2)c2ccccc21.CN1[CH-]N(c2[c-]c(-n3c4[c-]c(-c5nc6ccccc6n5C)ccc4c4cc(-c5ccc6ccccc6c5)ccc43)ccc2)c2ccccc21.CN1[CH-]N(c2[c-]c(-n3c4[c-]c(-c5nc6ccccc6n5C)ccc4c4ccc(-c5ccc6ccccc6c5)cc43)ccc2)c2ccccc21.[Pt].[Pt].[Pt]. The third-order valence-electron chi connectivity index (χ3n) is 29.5. The van der Waals surface area contributed by atoms with Crippen molar-refractivity contribution in [2.75, 3.05) is 50.5 Å². The van der Waals surface area contributed by atoms with Gasteiger partial charge in [-0.15, -0.1) is 143 Å². The molecule has 7 aromatic heterocycles. The number of pyridine rings is 1. The molecule has 0 unspecified atom stereocenters. The molecule has 3 aliphatic rings. The first-order valence-electron chi connectivity index (χ1n) is 49.4. The van der Waals surface area contributed by atoms with Crippen LogP contribution in [0.4, 0.5) is 51.2 Å². The van der Waals surface area contributed by atoms with Crippen molar-refractivity contribution < 1.29 is 63.2 Å². The van der Waals surface area contributed by atoms with Gasteiger partial charge in [0.05, 0.1) is 50.6 Å². The van der Waals surface area contributed by atoms with Gasteiger partial charge in [-0.25, -0.2) is 4.98 Å². The Labute approximate surface area is 910 Å². The number of rotatable bonds is 12. The van der Waals surface area contributed by atoms with Crippen LogP contribution in [0.5, 0.6) is 0 Å². The first-order valence-corrected chi connectivity index (χ1v) is 49.4. The molecule has 20 aromatic carbocycles. The van der Waals surface area contributed by atoms with E-state index < -0.39 is 0 Å². The molecule has 3 aliphatic heterocycles. The third-order valence-corrected chi connectivity index (χ3v) is 29.5. The summed E-state index contributed by atoms with van der Waals surface area (Å²) in [6.45, 7) is 6.35. The van der Waals surface area contributed by atoms with Crippen LogP contribution in [0, 0.1) is 56.4 Å². The van der Waals surface area contributed by atoms with E-state index in [1.807, 2.05) is 24.4 Å². The van der Waals surface area contributed by atoms with Crippen molar-refractivity contribution in [3.05, 3.63) is 469 Å². The summed E-state index contributed by atoms with van der Waals surface area (Å²) in [5.41, 5.74) is 34.7. The number of fused-ring (bicyclic) bond motifs is 18. The summed E-state index contributed by atoms with van der Waals surface area (Å²) in [5.74, 6) is 2.64. The number of imidazole rings is 3. The molecule has 732 valence electrons. The molecule has 0 atom stereocenters. The minimum absolute atomic E-state index is 0. The van der Waals surface area contributed by atoms with Crippen molar-refractivity contribution in [1.29, 1.82) is 0 Å². The van der Waals surface area contributed by atoms with Crippen molar-refractivity contribution in [1.82, 2.24) is 47.3 Å². The van der Waals surface area contributed by atoms with Crippen LogP contribution < -0.4 is 29.4 Å². The largest absolute Gasteiger partial charge is 0.504 e. The van der Waals surface area contributed by atoms with Gasteiger partial charge in [-0.1, -0.05) is 246 Å². The average Bonchev–Trinajstić information content (AvgIpc) is 1.58. The van der Waals surface area contributed by atoms with Crippen molar-refractivity contribution in [3.63, 3.8) is 0 Å². The van der Waals surface area contributed by atoms with Gasteiger partial charge in [-0.2, -0.15) is 38.2 Å². The smallest absolute Gasteiger partial charge is 0.132 e. The molecule has 0 spiro atoms. The zero-order valence-electron chi connectivity index (χ0n) is 82.1. The molecular weight excluding hydrogens is 2380 g/mol. The Kier molecular flexibility index (Phi) is 23.9. The van der Waals surface area contributed by atoms with Crippen molar-refractivity contribution in [2.24, 2.45) is 21.1 Å². The second kappa shape index (κ2) is 38.1. The Morgan fingerprint density at radius 1 is 0.220 bits per heavy atom. The van der Waals surface area contributed by atoms with E-state index in [0.29, 0.717) is 0 Å². The standard InChI is InChI=1S/2C44H30N5.C43H29N6.3Pt/c1-46-28-48(42-17-8-7-16-41(42)46)34-12-9-13-35(27-34)49-39-23-21-32(31-19-18-29-10-3-4-11-30(29)24-31)25-37(39)36-22-20-33(26-43(36)49)44-45-38-14-5-6-15-40(38)47(44)2;1-46-28-48(41-17-8-7-16-40(41)46)34-12-9-13-35(27-34)49-42-25-32(31-19-18-29-10-3-4-11-30(29)24-31)20-22-36(42)37-23-21-33(26-43(37)49)44-45-38-14-5-6-15-39(38)47(44)2;1-46-27-48(40-18-6-5-17-39(40)46)31-12-8-13-32(26-31)49-41-25-30(19-21-35(41)36-16-9-23-44-43(36)49)42-45-37-24-29(20-22-38(37)47(42)2)34-15-7-11-28-10-3-4-14-33(28)34;;;/h2*3-25,28H,1-2H3;3-24,27H,1-2H3;;;/q3*-3;;;. The van der Waals surface area contributed by atoms with Crippen LogP contribution in [-0.4, -0.2) is 68.5 Å². The second-order valence-electron chi connectivity index (χ2n) is 38.1. The van der Waals surface area contributed by atoms with Gasteiger partial charge < -0.3 is 56.8 Å². The predicted octanol–water partition coefficient (Wildman–Crippen LogP) is 30.8. The summed E-state index contributed by atoms with van der Waals surface area (Å²) in [6.07, 6.45) is 1.85. The number of hydrogen-bond donors (Lipinski definition) is 0. The maximum atomic E-state index is 5.19. The quantitative estimate of drug-likeness (QED) is 0.110. The van der Waals surface area contributed by atoms with E-state index in [1.54, 1.807) is 0 Å². The molecule has 19 heteroatoms. The van der Waals surface area contributed by atoms with Gasteiger partial charge in [0.25, 0.3) is 0 Å². The van der Waals surface area contributed by atoms with Gasteiger partial charge >= 0.3 is 0 Å².